The molecule has 0 saturated heterocycles. The zero-order valence-corrected chi connectivity index (χ0v) is 21.9. The normalized spacial score (nSPS) is 12.2. The minimum absolute atomic E-state index is 0.131. The number of nitrogens with one attached hydrogen (secondary N) is 1. The third-order valence-corrected chi connectivity index (χ3v) is 6.96. The maximum Gasteiger partial charge on any atom is 0.242 e. The highest BCUT2D eigenvalue weighted by Gasteiger charge is 2.26. The van der Waals surface area contributed by atoms with Crippen LogP contribution in [0.15, 0.2) is 42.5 Å². The minimum atomic E-state index is -3.52. The number of benzene rings is 2. The first-order valence-electron chi connectivity index (χ1n) is 11.6. The van der Waals surface area contributed by atoms with Crippen LogP contribution in [-0.4, -0.2) is 50.5 Å². The number of hydrogen-bond donors (Lipinski definition) is 1. The molecule has 0 radical (unpaired) electrons. The van der Waals surface area contributed by atoms with Gasteiger partial charge in [-0.1, -0.05) is 30.3 Å². The summed E-state index contributed by atoms with van der Waals surface area (Å²) in [6, 6.07) is 12.8. The molecule has 186 valence electrons. The fraction of sp³-hybridized carbons (Fsp3) is 0.462. The van der Waals surface area contributed by atoms with Crippen molar-refractivity contribution in [2.45, 2.75) is 60.0 Å². The van der Waals surface area contributed by atoms with Gasteiger partial charge in [-0.2, -0.15) is 0 Å². The van der Waals surface area contributed by atoms with Crippen LogP contribution in [0.1, 0.15) is 48.9 Å². The van der Waals surface area contributed by atoms with Crippen LogP contribution in [0.4, 0.5) is 5.69 Å². The fourth-order valence-electron chi connectivity index (χ4n) is 3.97. The van der Waals surface area contributed by atoms with Gasteiger partial charge >= 0.3 is 0 Å². The van der Waals surface area contributed by atoms with Gasteiger partial charge in [0.15, 0.2) is 0 Å². The Bertz CT molecular complexity index is 1090. The number of rotatable bonds is 11. The molecule has 8 heteroatoms. The van der Waals surface area contributed by atoms with Crippen molar-refractivity contribution in [2.75, 3.05) is 23.7 Å². The number of sulfonamides is 1. The number of aryl methyl sites for hydroxylation is 3. The van der Waals surface area contributed by atoms with Crippen LogP contribution >= 0.6 is 0 Å². The molecule has 0 aliphatic rings. The van der Waals surface area contributed by atoms with Gasteiger partial charge in [-0.3, -0.25) is 13.9 Å². The molecule has 0 aromatic heterocycles. The van der Waals surface area contributed by atoms with E-state index in [1.165, 1.54) is 10.6 Å². The van der Waals surface area contributed by atoms with Crippen LogP contribution in [-0.2, 0) is 26.2 Å². The molecule has 0 spiro atoms. The molecule has 0 aliphatic heterocycles. The molecule has 34 heavy (non-hydrogen) atoms. The van der Waals surface area contributed by atoms with Crippen LogP contribution in [0.3, 0.4) is 0 Å². The van der Waals surface area contributed by atoms with E-state index in [0.717, 1.165) is 22.3 Å². The maximum absolute atomic E-state index is 13.3. The summed E-state index contributed by atoms with van der Waals surface area (Å²) in [5.74, 6) is -0.395. The summed E-state index contributed by atoms with van der Waals surface area (Å²) in [4.78, 5) is 27.4. The minimum Gasteiger partial charge on any atom is -0.355 e. The number of carbonyl (C=O) groups excluding carboxylic acids is 2. The van der Waals surface area contributed by atoms with E-state index in [4.69, 9.17) is 0 Å². The Hall–Kier alpha value is -2.87. The van der Waals surface area contributed by atoms with Crippen molar-refractivity contribution in [3.05, 3.63) is 64.7 Å². The molecule has 1 atom stereocenters. The largest absolute Gasteiger partial charge is 0.355 e. The lowest BCUT2D eigenvalue weighted by atomic mass is 10.1. The van der Waals surface area contributed by atoms with Crippen LogP contribution in [0.25, 0.3) is 0 Å². The van der Waals surface area contributed by atoms with E-state index < -0.39 is 16.1 Å². The monoisotopic (exact) mass is 487 g/mol. The third-order valence-electron chi connectivity index (χ3n) is 5.77. The predicted octanol–water partition coefficient (Wildman–Crippen LogP) is 3.71. The Morgan fingerprint density at radius 1 is 1.03 bits per heavy atom. The number of nitrogens with zero attached hydrogens (tertiary/aromatic N) is 2. The van der Waals surface area contributed by atoms with Crippen molar-refractivity contribution >= 4 is 27.5 Å². The Morgan fingerprint density at radius 2 is 1.65 bits per heavy atom. The van der Waals surface area contributed by atoms with Crippen molar-refractivity contribution in [3.8, 4) is 0 Å². The summed E-state index contributed by atoms with van der Waals surface area (Å²) >= 11 is 0. The van der Waals surface area contributed by atoms with Crippen LogP contribution < -0.4 is 9.62 Å². The molecule has 2 aromatic carbocycles. The van der Waals surface area contributed by atoms with Gasteiger partial charge in [-0.15, -0.1) is 0 Å². The summed E-state index contributed by atoms with van der Waals surface area (Å²) in [7, 11) is -3.52. The third kappa shape index (κ3) is 7.58. The van der Waals surface area contributed by atoms with Gasteiger partial charge in [-0.25, -0.2) is 8.42 Å². The molecular formula is C26H37N3O4S. The highest BCUT2D eigenvalue weighted by Crippen LogP contribution is 2.22. The fourth-order valence-corrected chi connectivity index (χ4v) is 4.92. The van der Waals surface area contributed by atoms with E-state index in [-0.39, 0.29) is 24.8 Å². The molecule has 0 unspecified atom stereocenters. The molecule has 0 aliphatic carbocycles. The van der Waals surface area contributed by atoms with Gasteiger partial charge in [0, 0.05) is 26.1 Å². The first-order valence-corrected chi connectivity index (χ1v) is 13.5. The second-order valence-electron chi connectivity index (χ2n) is 8.80. The standard InChI is InChI=1S/C26H37N3O4S/c1-7-27-26(31)22(5)28(18-23-12-9-8-11-21(23)4)25(30)13-10-14-29(34(6,32)33)24-16-19(2)15-20(3)17-24/h8-9,11-12,15-17,22H,7,10,13-14,18H2,1-6H3,(H,27,31)/t22-/m1/s1. The van der Waals surface area contributed by atoms with Gasteiger partial charge in [-0.05, 0) is 75.4 Å². The average Bonchev–Trinajstić information content (AvgIpc) is 2.74. The summed E-state index contributed by atoms with van der Waals surface area (Å²) in [5.41, 5.74) is 4.56. The molecule has 2 aromatic rings. The Morgan fingerprint density at radius 3 is 2.21 bits per heavy atom. The topological polar surface area (TPSA) is 86.8 Å². The van der Waals surface area contributed by atoms with E-state index >= 15 is 0 Å². The van der Waals surface area contributed by atoms with Gasteiger partial charge in [0.05, 0.1) is 11.9 Å². The Labute approximate surface area is 204 Å². The number of hydrogen-bond acceptors (Lipinski definition) is 4. The molecule has 7 nitrogen and oxygen atoms in total. The molecule has 0 bridgehead atoms. The summed E-state index contributed by atoms with van der Waals surface area (Å²) < 4.78 is 26.3. The average molecular weight is 488 g/mol. The van der Waals surface area contributed by atoms with Gasteiger partial charge in [0.1, 0.15) is 6.04 Å². The van der Waals surface area contributed by atoms with Crippen molar-refractivity contribution < 1.29 is 18.0 Å². The van der Waals surface area contributed by atoms with Gasteiger partial charge < -0.3 is 10.2 Å². The highest BCUT2D eigenvalue weighted by molar-refractivity contribution is 7.92. The lowest BCUT2D eigenvalue weighted by molar-refractivity contribution is -0.140. The SMILES string of the molecule is CCNC(=O)[C@@H](C)N(Cc1ccccc1C)C(=O)CCCN(c1cc(C)cc(C)c1)S(C)(=O)=O. The van der Waals surface area contributed by atoms with Crippen molar-refractivity contribution in [1.82, 2.24) is 10.2 Å². The second kappa shape index (κ2) is 12.0. The summed E-state index contributed by atoms with van der Waals surface area (Å²) in [6.45, 7) is 10.4. The lowest BCUT2D eigenvalue weighted by Gasteiger charge is -2.30. The van der Waals surface area contributed by atoms with Crippen LogP contribution in [0, 0.1) is 20.8 Å². The van der Waals surface area contributed by atoms with Crippen LogP contribution in [0.2, 0.25) is 0 Å². The van der Waals surface area contributed by atoms with Gasteiger partial charge in [0.25, 0.3) is 0 Å². The zero-order valence-electron chi connectivity index (χ0n) is 21.1. The van der Waals surface area contributed by atoms with E-state index in [0.29, 0.717) is 25.2 Å². The van der Waals surface area contributed by atoms with E-state index in [2.05, 4.69) is 5.32 Å². The molecule has 0 heterocycles. The van der Waals surface area contributed by atoms with E-state index in [9.17, 15) is 18.0 Å². The number of amides is 2. The summed E-state index contributed by atoms with van der Waals surface area (Å²) in [5, 5.41) is 2.79. The number of likely N-dealkylation sites (N-methyl/N-ethyl adjacent to an activating group) is 1. The number of anilines is 1. The molecule has 2 amide bonds. The Kier molecular flexibility index (Phi) is 9.67. The number of carbonyl (C=O) groups is 2. The van der Waals surface area contributed by atoms with Crippen molar-refractivity contribution in [2.24, 2.45) is 0 Å². The van der Waals surface area contributed by atoms with Gasteiger partial charge in [0.2, 0.25) is 21.8 Å². The maximum atomic E-state index is 13.3. The molecule has 0 fully saturated rings. The molecular weight excluding hydrogens is 450 g/mol. The van der Waals surface area contributed by atoms with E-state index in [1.807, 2.05) is 70.2 Å². The second-order valence-corrected chi connectivity index (χ2v) is 10.7. The lowest BCUT2D eigenvalue weighted by Crippen LogP contribution is -2.47. The quantitative estimate of drug-likeness (QED) is 0.523. The molecule has 0 saturated carbocycles. The molecule has 1 N–H and O–H groups in total. The zero-order chi connectivity index (χ0) is 25.5. The predicted molar refractivity (Wildman–Crippen MR) is 137 cm³/mol. The molecule has 2 rings (SSSR count). The highest BCUT2D eigenvalue weighted by atomic mass is 32.2. The van der Waals surface area contributed by atoms with Crippen molar-refractivity contribution in [3.63, 3.8) is 0 Å². The van der Waals surface area contributed by atoms with Crippen molar-refractivity contribution in [1.29, 1.82) is 0 Å². The van der Waals surface area contributed by atoms with Crippen LogP contribution in [0.5, 0.6) is 0 Å². The Balaban J connectivity index is 2.19. The first kappa shape index (κ1) is 27.4. The van der Waals surface area contributed by atoms with E-state index in [1.54, 1.807) is 11.8 Å². The smallest absolute Gasteiger partial charge is 0.242 e. The first-order chi connectivity index (χ1) is 15.9. The summed E-state index contributed by atoms with van der Waals surface area (Å²) in [6.07, 6.45) is 1.64.